The average Bonchev–Trinajstić information content (AvgIpc) is 2.18. The lowest BCUT2D eigenvalue weighted by Crippen LogP contribution is -2.05. The van der Waals surface area contributed by atoms with Crippen LogP contribution in [0.1, 0.15) is 12.0 Å². The van der Waals surface area contributed by atoms with Crippen molar-refractivity contribution < 1.29 is 9.50 Å². The van der Waals surface area contributed by atoms with Gasteiger partial charge in [0.1, 0.15) is 11.6 Å². The highest BCUT2D eigenvalue weighted by molar-refractivity contribution is 5.45. The molecule has 0 bridgehead atoms. The van der Waals surface area contributed by atoms with Crippen molar-refractivity contribution in [1.82, 2.24) is 5.32 Å². The topological polar surface area (TPSA) is 32.3 Å². The Kier molecular flexibility index (Phi) is 3.96. The molecule has 0 saturated heterocycles. The number of hydrogen-bond donors (Lipinski definition) is 2. The molecule has 74 valence electrons. The summed E-state index contributed by atoms with van der Waals surface area (Å²) < 4.78 is 12.7. The van der Waals surface area contributed by atoms with E-state index in [2.05, 4.69) is 17.2 Å². The fourth-order valence-electron chi connectivity index (χ4n) is 0.954. The summed E-state index contributed by atoms with van der Waals surface area (Å²) in [5.74, 6) is 5.17. The molecule has 0 fully saturated rings. The summed E-state index contributed by atoms with van der Waals surface area (Å²) in [4.78, 5) is 0. The summed E-state index contributed by atoms with van der Waals surface area (Å²) in [7, 11) is 1.83. The maximum atomic E-state index is 12.7. The van der Waals surface area contributed by atoms with Crippen LogP contribution in [0.4, 0.5) is 4.39 Å². The highest BCUT2D eigenvalue weighted by Crippen LogP contribution is 2.16. The Hall–Kier alpha value is -1.53. The molecule has 2 N–H and O–H groups in total. The largest absolute Gasteiger partial charge is 0.507 e. The lowest BCUT2D eigenvalue weighted by atomic mass is 10.2. The third-order valence-electron chi connectivity index (χ3n) is 1.68. The van der Waals surface area contributed by atoms with Crippen molar-refractivity contribution in [1.29, 1.82) is 0 Å². The van der Waals surface area contributed by atoms with Crippen LogP contribution in [0.25, 0.3) is 0 Å². The van der Waals surface area contributed by atoms with Gasteiger partial charge in [0.05, 0.1) is 5.56 Å². The van der Waals surface area contributed by atoms with Crippen molar-refractivity contribution in [2.24, 2.45) is 0 Å². The summed E-state index contributed by atoms with van der Waals surface area (Å²) in [5.41, 5.74) is 0.334. The van der Waals surface area contributed by atoms with Gasteiger partial charge in [0, 0.05) is 13.0 Å². The van der Waals surface area contributed by atoms with Crippen molar-refractivity contribution in [3.63, 3.8) is 0 Å². The molecule has 0 aliphatic rings. The van der Waals surface area contributed by atoms with Crippen LogP contribution in [0.3, 0.4) is 0 Å². The molecule has 0 heterocycles. The zero-order valence-corrected chi connectivity index (χ0v) is 7.97. The Morgan fingerprint density at radius 2 is 2.29 bits per heavy atom. The van der Waals surface area contributed by atoms with Gasteiger partial charge in [0.15, 0.2) is 0 Å². The summed E-state index contributed by atoms with van der Waals surface area (Å²) in [6.07, 6.45) is 0.673. The minimum atomic E-state index is -0.388. The third-order valence-corrected chi connectivity index (χ3v) is 1.68. The standard InChI is InChI=1S/C11H12FNO/c1-13-7-3-2-4-9-8-10(12)5-6-11(9)14/h5-6,8,13-14H,3,7H2,1H3. The molecule has 3 heteroatoms. The molecule has 1 rings (SSSR count). The van der Waals surface area contributed by atoms with Gasteiger partial charge in [0.25, 0.3) is 0 Å². The molecular weight excluding hydrogens is 181 g/mol. The Balaban J connectivity index is 2.73. The number of hydrogen-bond acceptors (Lipinski definition) is 2. The van der Waals surface area contributed by atoms with Gasteiger partial charge in [0.2, 0.25) is 0 Å². The Labute approximate surface area is 82.8 Å². The lowest BCUT2D eigenvalue weighted by Gasteiger charge is -1.95. The fourth-order valence-corrected chi connectivity index (χ4v) is 0.954. The lowest BCUT2D eigenvalue weighted by molar-refractivity contribution is 0.471. The zero-order valence-electron chi connectivity index (χ0n) is 7.97. The van der Waals surface area contributed by atoms with E-state index in [4.69, 9.17) is 0 Å². The average molecular weight is 193 g/mol. The van der Waals surface area contributed by atoms with Gasteiger partial charge in [-0.05, 0) is 25.2 Å². The van der Waals surface area contributed by atoms with Crippen LogP contribution >= 0.6 is 0 Å². The molecule has 0 aromatic heterocycles. The minimum Gasteiger partial charge on any atom is -0.507 e. The highest BCUT2D eigenvalue weighted by Gasteiger charge is 1.98. The van der Waals surface area contributed by atoms with Gasteiger partial charge in [-0.2, -0.15) is 0 Å². The maximum absolute atomic E-state index is 12.7. The number of benzene rings is 1. The van der Waals surface area contributed by atoms with Gasteiger partial charge in [-0.15, -0.1) is 0 Å². The molecule has 2 nitrogen and oxygen atoms in total. The molecular formula is C11H12FNO. The van der Waals surface area contributed by atoms with Crippen LogP contribution in [0, 0.1) is 17.7 Å². The van der Waals surface area contributed by atoms with Crippen LogP contribution in [0.15, 0.2) is 18.2 Å². The van der Waals surface area contributed by atoms with Crippen LogP contribution in [0.5, 0.6) is 5.75 Å². The number of aromatic hydroxyl groups is 1. The second-order valence-corrected chi connectivity index (χ2v) is 2.82. The first-order chi connectivity index (χ1) is 6.74. The first kappa shape index (κ1) is 10.6. The second-order valence-electron chi connectivity index (χ2n) is 2.82. The van der Waals surface area contributed by atoms with E-state index in [-0.39, 0.29) is 11.6 Å². The summed E-state index contributed by atoms with van der Waals surface area (Å²) in [5, 5.41) is 12.2. The molecule has 0 unspecified atom stereocenters. The Morgan fingerprint density at radius 3 is 3.00 bits per heavy atom. The van der Waals surface area contributed by atoms with Crippen LogP contribution in [0.2, 0.25) is 0 Å². The first-order valence-electron chi connectivity index (χ1n) is 4.36. The second kappa shape index (κ2) is 5.25. The van der Waals surface area contributed by atoms with E-state index < -0.39 is 0 Å². The number of phenolic OH excluding ortho intramolecular Hbond substituents is 1. The monoisotopic (exact) mass is 193 g/mol. The summed E-state index contributed by atoms with van der Waals surface area (Å²) >= 11 is 0. The van der Waals surface area contributed by atoms with Crippen molar-refractivity contribution >= 4 is 0 Å². The molecule has 0 atom stereocenters. The summed E-state index contributed by atoms with van der Waals surface area (Å²) in [6.45, 7) is 0.781. The fraction of sp³-hybridized carbons (Fsp3) is 0.273. The van der Waals surface area contributed by atoms with E-state index >= 15 is 0 Å². The number of halogens is 1. The smallest absolute Gasteiger partial charge is 0.131 e. The van der Waals surface area contributed by atoms with Gasteiger partial charge < -0.3 is 10.4 Å². The molecule has 1 aromatic rings. The number of nitrogens with one attached hydrogen (secondary N) is 1. The van der Waals surface area contributed by atoms with Crippen molar-refractivity contribution in [2.45, 2.75) is 6.42 Å². The van der Waals surface area contributed by atoms with Gasteiger partial charge in [-0.3, -0.25) is 0 Å². The van der Waals surface area contributed by atoms with E-state index in [1.54, 1.807) is 0 Å². The number of rotatable bonds is 2. The zero-order chi connectivity index (χ0) is 10.4. The molecule has 0 amide bonds. The van der Waals surface area contributed by atoms with E-state index in [0.29, 0.717) is 12.0 Å². The van der Waals surface area contributed by atoms with Gasteiger partial charge in [-0.1, -0.05) is 11.8 Å². The highest BCUT2D eigenvalue weighted by atomic mass is 19.1. The molecule has 0 saturated carbocycles. The molecule has 0 aliphatic carbocycles. The van der Waals surface area contributed by atoms with Gasteiger partial charge in [-0.25, -0.2) is 4.39 Å². The van der Waals surface area contributed by atoms with Crippen LogP contribution < -0.4 is 5.32 Å². The molecule has 0 aliphatic heterocycles. The first-order valence-corrected chi connectivity index (χ1v) is 4.36. The van der Waals surface area contributed by atoms with E-state index in [0.717, 1.165) is 6.54 Å². The van der Waals surface area contributed by atoms with Crippen LogP contribution in [-0.2, 0) is 0 Å². The molecule has 1 aromatic carbocycles. The third kappa shape index (κ3) is 3.08. The molecule has 14 heavy (non-hydrogen) atoms. The predicted molar refractivity (Wildman–Crippen MR) is 53.5 cm³/mol. The molecule has 0 spiro atoms. The Morgan fingerprint density at radius 1 is 1.50 bits per heavy atom. The normalized spacial score (nSPS) is 9.29. The van der Waals surface area contributed by atoms with E-state index in [1.165, 1.54) is 18.2 Å². The van der Waals surface area contributed by atoms with Crippen molar-refractivity contribution in [2.75, 3.05) is 13.6 Å². The quantitative estimate of drug-likeness (QED) is 0.551. The minimum absolute atomic E-state index is 0.0170. The van der Waals surface area contributed by atoms with Crippen LogP contribution in [-0.4, -0.2) is 18.7 Å². The van der Waals surface area contributed by atoms with Crippen molar-refractivity contribution in [3.8, 4) is 17.6 Å². The van der Waals surface area contributed by atoms with E-state index in [9.17, 15) is 9.50 Å². The predicted octanol–water partition coefficient (Wildman–Crippen LogP) is 1.49. The maximum Gasteiger partial charge on any atom is 0.131 e. The van der Waals surface area contributed by atoms with Crippen molar-refractivity contribution in [3.05, 3.63) is 29.6 Å². The summed E-state index contributed by atoms with van der Waals surface area (Å²) in [6, 6.07) is 3.73. The SMILES string of the molecule is CNCCC#Cc1cc(F)ccc1O. The van der Waals surface area contributed by atoms with E-state index in [1.807, 2.05) is 7.05 Å². The number of phenols is 1. The van der Waals surface area contributed by atoms with Gasteiger partial charge >= 0.3 is 0 Å². The Bertz CT molecular complexity index is 365. The molecule has 0 radical (unpaired) electrons.